The smallest absolute Gasteiger partial charge is 0.302 e. The van der Waals surface area contributed by atoms with Crippen molar-refractivity contribution in [3.05, 3.63) is 71.8 Å². The molecule has 0 spiro atoms. The third-order valence-corrected chi connectivity index (χ3v) is 2.58. The second kappa shape index (κ2) is 20.6. The van der Waals surface area contributed by atoms with Crippen LogP contribution in [0.4, 0.5) is 0 Å². The molecule has 0 aromatic heterocycles. The van der Waals surface area contributed by atoms with Gasteiger partial charge in [-0.05, 0) is 18.1 Å². The lowest BCUT2D eigenvalue weighted by Gasteiger charge is -1.99. The lowest BCUT2D eigenvalue weighted by Crippen LogP contribution is -1.97. The number of carbonyl (C=O) groups is 2. The normalized spacial score (nSPS) is 7.92. The Kier molecular flexibility index (Phi) is 22.5. The van der Waals surface area contributed by atoms with E-state index in [1.54, 1.807) is 6.92 Å². The van der Waals surface area contributed by atoms with Gasteiger partial charge in [-0.25, -0.2) is 0 Å². The van der Waals surface area contributed by atoms with Gasteiger partial charge in [-0.3, -0.25) is 9.59 Å². The molecule has 2 aromatic carbocycles. The van der Waals surface area contributed by atoms with E-state index in [-0.39, 0.29) is 19.2 Å². The Morgan fingerprint density at radius 2 is 1.12 bits per heavy atom. The maximum atomic E-state index is 10.6. The molecule has 0 N–H and O–H groups in total. The minimum Gasteiger partial charge on any atom is -0.461 e. The van der Waals surface area contributed by atoms with Crippen LogP contribution in [0.5, 0.6) is 0 Å². The molecule has 0 amide bonds. The average Bonchev–Trinajstić information content (AvgIpc) is 2.65. The quantitative estimate of drug-likeness (QED) is 0.605. The fourth-order valence-electron chi connectivity index (χ4n) is 1.64. The SMILES string of the molecule is C.CC.CC.CC(=O)Cc1ccccc1.CC(=O)OCc1ccccc1. The highest BCUT2D eigenvalue weighted by atomic mass is 16.5. The van der Waals surface area contributed by atoms with E-state index < -0.39 is 0 Å². The lowest BCUT2D eigenvalue weighted by molar-refractivity contribution is -0.142. The summed E-state index contributed by atoms with van der Waals surface area (Å²) in [4.78, 5) is 21.0. The van der Waals surface area contributed by atoms with Gasteiger partial charge in [0.25, 0.3) is 0 Å². The zero-order valence-corrected chi connectivity index (χ0v) is 16.4. The average molecular weight is 361 g/mol. The van der Waals surface area contributed by atoms with Gasteiger partial charge in [0, 0.05) is 13.3 Å². The van der Waals surface area contributed by atoms with Crippen LogP contribution in [0.2, 0.25) is 0 Å². The summed E-state index contributed by atoms with van der Waals surface area (Å²) in [7, 11) is 0. The first-order chi connectivity index (χ1) is 12.1. The minimum absolute atomic E-state index is 0. The monoisotopic (exact) mass is 360 g/mol. The van der Waals surface area contributed by atoms with Crippen molar-refractivity contribution < 1.29 is 14.3 Å². The Bertz CT molecular complexity index is 548. The third-order valence-electron chi connectivity index (χ3n) is 2.58. The molecule has 0 unspecified atom stereocenters. The van der Waals surface area contributed by atoms with E-state index in [0.717, 1.165) is 11.1 Å². The van der Waals surface area contributed by atoms with Gasteiger partial charge in [0.2, 0.25) is 0 Å². The van der Waals surface area contributed by atoms with E-state index in [1.165, 1.54) is 6.92 Å². The van der Waals surface area contributed by atoms with Crippen LogP contribution in [0.25, 0.3) is 0 Å². The van der Waals surface area contributed by atoms with E-state index in [0.29, 0.717) is 13.0 Å². The molecule has 2 rings (SSSR count). The highest BCUT2D eigenvalue weighted by Gasteiger charge is 1.94. The van der Waals surface area contributed by atoms with Crippen molar-refractivity contribution in [2.75, 3.05) is 0 Å². The van der Waals surface area contributed by atoms with E-state index >= 15 is 0 Å². The first-order valence-electron chi connectivity index (χ1n) is 8.78. The summed E-state index contributed by atoms with van der Waals surface area (Å²) < 4.78 is 4.79. The van der Waals surface area contributed by atoms with E-state index in [4.69, 9.17) is 4.74 Å². The van der Waals surface area contributed by atoms with Crippen molar-refractivity contribution in [1.29, 1.82) is 0 Å². The maximum Gasteiger partial charge on any atom is 0.302 e. The van der Waals surface area contributed by atoms with Gasteiger partial charge < -0.3 is 4.74 Å². The summed E-state index contributed by atoms with van der Waals surface area (Å²) in [6.07, 6.45) is 0.556. The Hall–Kier alpha value is -2.42. The molecule has 0 aliphatic rings. The minimum atomic E-state index is -0.242. The van der Waals surface area contributed by atoms with Crippen LogP contribution in [0.1, 0.15) is 60.1 Å². The zero-order valence-electron chi connectivity index (χ0n) is 16.4. The largest absolute Gasteiger partial charge is 0.461 e. The molecular weight excluding hydrogens is 324 g/mol. The second-order valence-electron chi connectivity index (χ2n) is 4.63. The molecule has 0 heterocycles. The van der Waals surface area contributed by atoms with Gasteiger partial charge in [-0.2, -0.15) is 0 Å². The summed E-state index contributed by atoms with van der Waals surface area (Å²) in [6, 6.07) is 19.4. The van der Waals surface area contributed by atoms with Gasteiger partial charge in [0.05, 0.1) is 0 Å². The van der Waals surface area contributed by atoms with Gasteiger partial charge in [0.15, 0.2) is 0 Å². The molecule has 26 heavy (non-hydrogen) atoms. The predicted octanol–water partition coefficient (Wildman–Crippen LogP) is 6.26. The molecule has 0 fully saturated rings. The number of esters is 1. The standard InChI is InChI=1S/C9H10O2.C9H10O.2C2H6.CH4/c1-8(10)11-7-9-5-3-2-4-6-9;1-8(10)7-9-5-3-2-4-6-9;2*1-2;/h2-6H,7H2,1H3;2-6H,7H2,1H3;2*1-2H3;1H4. The molecule has 0 radical (unpaired) electrons. The number of hydrogen-bond acceptors (Lipinski definition) is 3. The van der Waals surface area contributed by atoms with Crippen LogP contribution in [0.3, 0.4) is 0 Å². The van der Waals surface area contributed by atoms with Crippen molar-refractivity contribution in [3.8, 4) is 0 Å². The first kappa shape index (κ1) is 28.4. The Morgan fingerprint density at radius 1 is 0.731 bits per heavy atom. The Morgan fingerprint density at radius 3 is 1.46 bits per heavy atom. The highest BCUT2D eigenvalue weighted by Crippen LogP contribution is 2.00. The van der Waals surface area contributed by atoms with Crippen LogP contribution >= 0.6 is 0 Å². The summed E-state index contributed by atoms with van der Waals surface area (Å²) >= 11 is 0. The fourth-order valence-corrected chi connectivity index (χ4v) is 1.64. The summed E-state index contributed by atoms with van der Waals surface area (Å²) in [5.74, 6) is -0.0277. The molecule has 0 bridgehead atoms. The third kappa shape index (κ3) is 17.9. The van der Waals surface area contributed by atoms with Crippen molar-refractivity contribution in [2.24, 2.45) is 0 Å². The van der Waals surface area contributed by atoms with Gasteiger partial charge in [0.1, 0.15) is 12.4 Å². The number of hydrogen-bond donors (Lipinski definition) is 0. The van der Waals surface area contributed by atoms with Gasteiger partial charge in [-0.1, -0.05) is 95.8 Å². The van der Waals surface area contributed by atoms with E-state index in [2.05, 4.69) is 0 Å². The Labute approximate surface area is 160 Å². The van der Waals surface area contributed by atoms with Crippen LogP contribution in [-0.4, -0.2) is 11.8 Å². The highest BCUT2D eigenvalue weighted by molar-refractivity contribution is 5.78. The molecule has 0 aliphatic carbocycles. The number of rotatable bonds is 4. The zero-order chi connectivity index (χ0) is 19.5. The molecule has 0 saturated carbocycles. The number of carbonyl (C=O) groups excluding carboxylic acids is 2. The van der Waals surface area contributed by atoms with Crippen molar-refractivity contribution in [1.82, 2.24) is 0 Å². The molecule has 2 aromatic rings. The molecule has 0 saturated heterocycles. The predicted molar refractivity (Wildman–Crippen MR) is 112 cm³/mol. The number of ketones is 1. The van der Waals surface area contributed by atoms with Crippen molar-refractivity contribution in [2.45, 2.75) is 62.0 Å². The summed E-state index contributed by atoms with van der Waals surface area (Å²) in [5, 5.41) is 0. The van der Waals surface area contributed by atoms with Gasteiger partial charge >= 0.3 is 5.97 Å². The van der Waals surface area contributed by atoms with Crippen molar-refractivity contribution in [3.63, 3.8) is 0 Å². The lowest BCUT2D eigenvalue weighted by atomic mass is 10.1. The summed E-state index contributed by atoms with van der Waals surface area (Å²) in [6.45, 7) is 11.4. The molecule has 146 valence electrons. The van der Waals surface area contributed by atoms with Crippen LogP contribution in [-0.2, 0) is 27.4 Å². The molecule has 0 atom stereocenters. The molecule has 0 aliphatic heterocycles. The fraction of sp³-hybridized carbons (Fsp3) is 0.391. The maximum absolute atomic E-state index is 10.6. The van der Waals surface area contributed by atoms with E-state index in [1.807, 2.05) is 88.4 Å². The molecule has 3 heteroatoms. The second-order valence-corrected chi connectivity index (χ2v) is 4.63. The molecule has 3 nitrogen and oxygen atoms in total. The molecular formula is C23H36O3. The van der Waals surface area contributed by atoms with E-state index in [9.17, 15) is 9.59 Å². The van der Waals surface area contributed by atoms with Gasteiger partial charge in [-0.15, -0.1) is 0 Å². The Balaban J connectivity index is -0.000000332. The summed E-state index contributed by atoms with van der Waals surface area (Å²) in [5.41, 5.74) is 2.11. The number of ether oxygens (including phenoxy) is 1. The number of Topliss-reactive ketones (excluding diaryl/α,β-unsaturated/α-hetero) is 1. The van der Waals surface area contributed by atoms with Crippen LogP contribution < -0.4 is 0 Å². The first-order valence-corrected chi connectivity index (χ1v) is 8.78. The topological polar surface area (TPSA) is 43.4 Å². The van der Waals surface area contributed by atoms with Crippen LogP contribution in [0.15, 0.2) is 60.7 Å². The van der Waals surface area contributed by atoms with Crippen LogP contribution in [0, 0.1) is 0 Å². The van der Waals surface area contributed by atoms with Crippen molar-refractivity contribution >= 4 is 11.8 Å². The number of benzene rings is 2.